The number of nitrogens with one attached hydrogen (secondary N) is 1. The lowest BCUT2D eigenvalue weighted by atomic mass is 10.4. The van der Waals surface area contributed by atoms with Crippen LogP contribution >= 0.6 is 0 Å². The smallest absolute Gasteiger partial charge is 0.0949 e. The van der Waals surface area contributed by atoms with Crippen molar-refractivity contribution < 1.29 is 0 Å². The first-order valence-corrected chi connectivity index (χ1v) is 4.72. The summed E-state index contributed by atoms with van der Waals surface area (Å²) >= 11 is 0. The van der Waals surface area contributed by atoms with Crippen molar-refractivity contribution in [2.45, 2.75) is 20.3 Å². The molecule has 4 nitrogen and oxygen atoms in total. The fraction of sp³-hybridized carbons (Fsp3) is 0.800. The van der Waals surface area contributed by atoms with Crippen molar-refractivity contribution in [3.05, 3.63) is 0 Å². The van der Waals surface area contributed by atoms with Gasteiger partial charge in [-0.25, -0.2) is 0 Å². The van der Waals surface area contributed by atoms with Crippen LogP contribution < -0.4 is 0 Å². The fourth-order valence-corrected chi connectivity index (χ4v) is 0.516. The average molecular weight is 200 g/mol. The Labute approximate surface area is 88.1 Å². The highest BCUT2D eigenvalue weighted by Gasteiger charge is 1.89. The van der Waals surface area contributed by atoms with Crippen LogP contribution in [0.3, 0.4) is 0 Å². The SMILES string of the molecule is CCC(=N)N(C)C.CN=C(C)N(C)C. The number of aliphatic imine (C=N–C) groups is 1. The molecule has 0 radical (unpaired) electrons. The van der Waals surface area contributed by atoms with Crippen molar-refractivity contribution in [3.8, 4) is 0 Å². The van der Waals surface area contributed by atoms with Crippen LogP contribution in [0.5, 0.6) is 0 Å². The Kier molecular flexibility index (Phi) is 9.40. The molecule has 0 aliphatic carbocycles. The Balaban J connectivity index is 0. The molecule has 0 aromatic carbocycles. The van der Waals surface area contributed by atoms with E-state index in [1.54, 1.807) is 11.9 Å². The minimum Gasteiger partial charge on any atom is -0.367 e. The lowest BCUT2D eigenvalue weighted by Gasteiger charge is -2.09. The van der Waals surface area contributed by atoms with Gasteiger partial charge in [-0.2, -0.15) is 0 Å². The number of hydrogen-bond donors (Lipinski definition) is 1. The summed E-state index contributed by atoms with van der Waals surface area (Å²) in [7, 11) is 9.50. The summed E-state index contributed by atoms with van der Waals surface area (Å²) in [4.78, 5) is 7.71. The quantitative estimate of drug-likeness (QED) is 0.515. The van der Waals surface area contributed by atoms with Crippen molar-refractivity contribution in [2.75, 3.05) is 35.2 Å². The topological polar surface area (TPSA) is 42.7 Å². The van der Waals surface area contributed by atoms with E-state index in [4.69, 9.17) is 5.41 Å². The van der Waals surface area contributed by atoms with Crippen LogP contribution in [-0.4, -0.2) is 56.7 Å². The zero-order valence-corrected chi connectivity index (χ0v) is 10.5. The van der Waals surface area contributed by atoms with E-state index in [9.17, 15) is 0 Å². The third-order valence-electron chi connectivity index (χ3n) is 1.85. The van der Waals surface area contributed by atoms with Crippen molar-refractivity contribution >= 4 is 11.7 Å². The van der Waals surface area contributed by atoms with Gasteiger partial charge in [-0.1, -0.05) is 6.92 Å². The van der Waals surface area contributed by atoms with Gasteiger partial charge < -0.3 is 9.80 Å². The molecule has 0 unspecified atom stereocenters. The molecule has 1 N–H and O–H groups in total. The molecule has 0 spiro atoms. The molecule has 0 aromatic heterocycles. The molecule has 0 atom stereocenters. The maximum atomic E-state index is 7.12. The van der Waals surface area contributed by atoms with Crippen molar-refractivity contribution in [3.63, 3.8) is 0 Å². The van der Waals surface area contributed by atoms with Gasteiger partial charge >= 0.3 is 0 Å². The Morgan fingerprint density at radius 2 is 1.57 bits per heavy atom. The summed E-state index contributed by atoms with van der Waals surface area (Å²) in [5.74, 6) is 1.74. The van der Waals surface area contributed by atoms with E-state index < -0.39 is 0 Å². The molecule has 0 aliphatic heterocycles. The van der Waals surface area contributed by atoms with Crippen LogP contribution in [-0.2, 0) is 0 Å². The Bertz CT molecular complexity index is 183. The van der Waals surface area contributed by atoms with Gasteiger partial charge in [0.05, 0.1) is 11.7 Å². The van der Waals surface area contributed by atoms with Crippen molar-refractivity contribution in [2.24, 2.45) is 4.99 Å². The molecule has 0 aliphatic rings. The third-order valence-corrected chi connectivity index (χ3v) is 1.85. The second-order valence-corrected chi connectivity index (χ2v) is 3.36. The monoisotopic (exact) mass is 200 g/mol. The van der Waals surface area contributed by atoms with Gasteiger partial charge in [0.2, 0.25) is 0 Å². The highest BCUT2D eigenvalue weighted by atomic mass is 15.1. The van der Waals surface area contributed by atoms with Crippen molar-refractivity contribution in [1.82, 2.24) is 9.80 Å². The second kappa shape index (κ2) is 8.53. The van der Waals surface area contributed by atoms with Crippen LogP contribution in [0.1, 0.15) is 20.3 Å². The summed E-state index contributed by atoms with van der Waals surface area (Å²) in [6.07, 6.45) is 0.826. The molecule has 0 bridgehead atoms. The Morgan fingerprint density at radius 1 is 1.14 bits per heavy atom. The summed E-state index contributed by atoms with van der Waals surface area (Å²) in [5.41, 5.74) is 0. The van der Waals surface area contributed by atoms with Gasteiger partial charge in [0.1, 0.15) is 0 Å². The first kappa shape index (κ1) is 15.4. The maximum absolute atomic E-state index is 7.12. The van der Waals surface area contributed by atoms with Crippen LogP contribution in [0, 0.1) is 5.41 Å². The van der Waals surface area contributed by atoms with E-state index in [1.165, 1.54) is 0 Å². The minimum absolute atomic E-state index is 0.681. The van der Waals surface area contributed by atoms with Crippen LogP contribution in [0.4, 0.5) is 0 Å². The summed E-state index contributed by atoms with van der Waals surface area (Å²) in [6.45, 7) is 3.95. The largest absolute Gasteiger partial charge is 0.367 e. The van der Waals surface area contributed by atoms with Gasteiger partial charge in [-0.3, -0.25) is 10.4 Å². The molecule has 4 heteroatoms. The van der Waals surface area contributed by atoms with E-state index >= 15 is 0 Å². The first-order valence-electron chi connectivity index (χ1n) is 4.72. The molecular weight excluding hydrogens is 176 g/mol. The number of rotatable bonds is 1. The molecule has 14 heavy (non-hydrogen) atoms. The van der Waals surface area contributed by atoms with Gasteiger partial charge in [0, 0.05) is 41.7 Å². The lowest BCUT2D eigenvalue weighted by molar-refractivity contribution is 0.602. The summed E-state index contributed by atoms with van der Waals surface area (Å²) in [6, 6.07) is 0. The van der Waals surface area contributed by atoms with Crippen LogP contribution in [0.15, 0.2) is 4.99 Å². The van der Waals surface area contributed by atoms with Gasteiger partial charge in [-0.05, 0) is 6.92 Å². The number of amidine groups is 2. The summed E-state index contributed by atoms with van der Waals surface area (Å²) in [5, 5.41) is 7.12. The molecule has 0 heterocycles. The second-order valence-electron chi connectivity index (χ2n) is 3.36. The van der Waals surface area contributed by atoms with E-state index in [0.29, 0.717) is 5.84 Å². The van der Waals surface area contributed by atoms with Gasteiger partial charge in [0.25, 0.3) is 0 Å². The minimum atomic E-state index is 0.681. The van der Waals surface area contributed by atoms with E-state index in [-0.39, 0.29) is 0 Å². The zero-order chi connectivity index (χ0) is 11.7. The Morgan fingerprint density at radius 3 is 1.57 bits per heavy atom. The predicted octanol–water partition coefficient (Wildman–Crippen LogP) is 1.53. The molecular formula is C10H24N4. The predicted molar refractivity (Wildman–Crippen MR) is 64.4 cm³/mol. The highest BCUT2D eigenvalue weighted by molar-refractivity contribution is 5.78. The molecule has 0 saturated carbocycles. The Hall–Kier alpha value is -1.06. The zero-order valence-electron chi connectivity index (χ0n) is 10.5. The van der Waals surface area contributed by atoms with Gasteiger partial charge in [-0.15, -0.1) is 0 Å². The van der Waals surface area contributed by atoms with Gasteiger partial charge in [0.15, 0.2) is 0 Å². The number of nitrogens with zero attached hydrogens (tertiary/aromatic N) is 3. The van der Waals surface area contributed by atoms with Crippen LogP contribution in [0.25, 0.3) is 0 Å². The van der Waals surface area contributed by atoms with Crippen LogP contribution in [0.2, 0.25) is 0 Å². The fourth-order valence-electron chi connectivity index (χ4n) is 0.516. The van der Waals surface area contributed by atoms with E-state index in [1.807, 2.05) is 46.9 Å². The molecule has 0 saturated heterocycles. The lowest BCUT2D eigenvalue weighted by Crippen LogP contribution is -2.19. The molecule has 0 amide bonds. The maximum Gasteiger partial charge on any atom is 0.0949 e. The molecule has 84 valence electrons. The molecule has 0 rings (SSSR count). The third kappa shape index (κ3) is 9.03. The van der Waals surface area contributed by atoms with E-state index in [0.717, 1.165) is 12.3 Å². The highest BCUT2D eigenvalue weighted by Crippen LogP contribution is 1.82. The summed E-state index contributed by atoms with van der Waals surface area (Å²) < 4.78 is 0. The van der Waals surface area contributed by atoms with E-state index in [2.05, 4.69) is 4.99 Å². The average Bonchev–Trinajstić information content (AvgIpc) is 2.15. The molecule has 0 fully saturated rings. The standard InChI is InChI=1S/2C5H12N2/c1-5(6-2)7(3)4;1-4-5(6)7(2)3/h1-4H3;6H,4H2,1-3H3. The first-order chi connectivity index (χ1) is 6.36. The van der Waals surface area contributed by atoms with Crippen molar-refractivity contribution in [1.29, 1.82) is 5.41 Å². The number of hydrogen-bond acceptors (Lipinski definition) is 2. The molecule has 0 aromatic rings. The normalized spacial score (nSPS) is 10.1.